The number of hydrogen-bond donors (Lipinski definition) is 1. The van der Waals surface area contributed by atoms with Crippen LogP contribution in [0, 0.1) is 0 Å². The highest BCUT2D eigenvalue weighted by Crippen LogP contribution is 2.39. The van der Waals surface area contributed by atoms with Gasteiger partial charge in [0.1, 0.15) is 0 Å². The van der Waals surface area contributed by atoms with Gasteiger partial charge >= 0.3 is 5.69 Å². The van der Waals surface area contributed by atoms with Crippen molar-refractivity contribution in [3.63, 3.8) is 0 Å². The molecule has 9 heteroatoms. The van der Waals surface area contributed by atoms with Gasteiger partial charge in [-0.3, -0.25) is 13.9 Å². The Bertz CT molecular complexity index is 750. The summed E-state index contributed by atoms with van der Waals surface area (Å²) in [6, 6.07) is 0. The number of nitrogens with one attached hydrogen (secondary N) is 1. The summed E-state index contributed by atoms with van der Waals surface area (Å²) in [6.45, 7) is 2.21. The minimum absolute atomic E-state index is 0.338. The molecule has 0 fully saturated rings. The Hall–Kier alpha value is -0.800. The molecule has 0 aliphatic carbocycles. The second kappa shape index (κ2) is 8.16. The fraction of sp³-hybridized carbons (Fsp3) is 0.615. The van der Waals surface area contributed by atoms with Gasteiger partial charge in [-0.2, -0.15) is 0 Å². The first-order chi connectivity index (χ1) is 10.6. The van der Waals surface area contributed by atoms with Crippen molar-refractivity contribution < 1.29 is 0 Å². The zero-order chi connectivity index (χ0) is 16.1. The molecule has 0 saturated carbocycles. The lowest BCUT2D eigenvalue weighted by molar-refractivity contribution is 0.707. The van der Waals surface area contributed by atoms with Gasteiger partial charge in [0.15, 0.2) is 16.3 Å². The third-order valence-electron chi connectivity index (χ3n) is 3.32. The quantitative estimate of drug-likeness (QED) is 0.576. The van der Waals surface area contributed by atoms with E-state index in [0.29, 0.717) is 16.3 Å². The van der Waals surface area contributed by atoms with E-state index in [4.69, 9.17) is 0 Å². The molecular weight excluding hydrogens is 340 g/mol. The Balaban J connectivity index is 1.99. The number of aromatic amines is 1. The van der Waals surface area contributed by atoms with E-state index in [2.05, 4.69) is 16.9 Å². The van der Waals surface area contributed by atoms with Crippen LogP contribution in [0.5, 0.6) is 0 Å². The number of rotatable bonds is 8. The molecule has 0 saturated heterocycles. The number of fused-ring (bicyclic) bond motifs is 1. The molecule has 122 valence electrons. The van der Waals surface area contributed by atoms with E-state index in [1.54, 1.807) is 27.7 Å². The number of hydrogen-bond acceptors (Lipinski definition) is 6. The first-order valence-electron chi connectivity index (χ1n) is 7.18. The lowest BCUT2D eigenvalue weighted by Crippen LogP contribution is -2.36. The van der Waals surface area contributed by atoms with Crippen LogP contribution in [0.15, 0.2) is 14.7 Å². The Kier molecular flexibility index (Phi) is 6.51. The van der Waals surface area contributed by atoms with Crippen molar-refractivity contribution in [2.75, 3.05) is 5.75 Å². The van der Waals surface area contributed by atoms with Crippen molar-refractivity contribution in [1.82, 2.24) is 19.1 Å². The zero-order valence-corrected chi connectivity index (χ0v) is 15.4. The minimum Gasteiger partial charge on any atom is -0.326 e. The summed E-state index contributed by atoms with van der Waals surface area (Å²) in [7, 11) is 8.01. The third kappa shape index (κ3) is 3.94. The van der Waals surface area contributed by atoms with E-state index in [-0.39, 0.29) is 11.2 Å². The van der Waals surface area contributed by atoms with Crippen LogP contribution in [0.1, 0.15) is 32.6 Å². The number of unbranched alkanes of at least 4 members (excludes halogenated alkanes) is 3. The van der Waals surface area contributed by atoms with Gasteiger partial charge < -0.3 is 4.98 Å². The van der Waals surface area contributed by atoms with E-state index in [1.165, 1.54) is 48.1 Å². The van der Waals surface area contributed by atoms with Crippen molar-refractivity contribution in [3.05, 3.63) is 20.8 Å². The second-order valence-corrected chi connectivity index (χ2v) is 9.15. The molecule has 2 rings (SSSR count). The van der Waals surface area contributed by atoms with Gasteiger partial charge in [-0.15, -0.1) is 0 Å². The molecule has 0 radical (unpaired) electrons. The maximum Gasteiger partial charge on any atom is 0.332 e. The van der Waals surface area contributed by atoms with E-state index in [1.807, 2.05) is 0 Å². The van der Waals surface area contributed by atoms with Gasteiger partial charge in [0.25, 0.3) is 5.56 Å². The summed E-state index contributed by atoms with van der Waals surface area (Å²) >= 11 is 0. The van der Waals surface area contributed by atoms with Crippen molar-refractivity contribution in [1.29, 1.82) is 0 Å². The third-order valence-corrected chi connectivity index (χ3v) is 7.23. The molecular formula is C13H20N4O2S3. The van der Waals surface area contributed by atoms with Gasteiger partial charge in [-0.25, -0.2) is 9.78 Å². The normalized spacial score (nSPS) is 11.4. The van der Waals surface area contributed by atoms with Crippen LogP contribution < -0.4 is 11.2 Å². The average Bonchev–Trinajstić information content (AvgIpc) is 2.94. The standard InChI is InChI=1S/C13H20N4O2S3/c1-4-5-6-7-8-20-22-21-12-14-9-10(15-12)16(2)13(19)17(3)11(9)18/h4-8H2,1-3H3,(H,14,15). The van der Waals surface area contributed by atoms with Crippen LogP contribution >= 0.6 is 31.4 Å². The van der Waals surface area contributed by atoms with E-state index >= 15 is 0 Å². The van der Waals surface area contributed by atoms with Crippen molar-refractivity contribution in [3.8, 4) is 0 Å². The van der Waals surface area contributed by atoms with Gasteiger partial charge in [0, 0.05) is 19.8 Å². The van der Waals surface area contributed by atoms with Crippen LogP contribution in [0.25, 0.3) is 11.2 Å². The summed E-state index contributed by atoms with van der Waals surface area (Å²) in [6.07, 6.45) is 5.04. The minimum atomic E-state index is -0.362. The molecule has 2 aromatic rings. The molecule has 2 heterocycles. The number of H-pyrrole nitrogens is 1. The Morgan fingerprint density at radius 1 is 1.14 bits per heavy atom. The SMILES string of the molecule is CCCCCCSSSc1nc2c([nH]1)c(=O)n(C)c(=O)n2C. The lowest BCUT2D eigenvalue weighted by Gasteiger charge is -2.00. The van der Waals surface area contributed by atoms with Gasteiger partial charge in [-0.05, 0) is 27.0 Å². The largest absolute Gasteiger partial charge is 0.332 e. The molecule has 6 nitrogen and oxygen atoms in total. The highest BCUT2D eigenvalue weighted by atomic mass is 33.5. The van der Waals surface area contributed by atoms with Crippen molar-refractivity contribution >= 4 is 42.6 Å². The van der Waals surface area contributed by atoms with E-state index in [0.717, 1.165) is 10.3 Å². The molecule has 0 bridgehead atoms. The molecule has 1 N–H and O–H groups in total. The average molecular weight is 361 g/mol. The molecule has 0 unspecified atom stereocenters. The Labute approximate surface area is 140 Å². The highest BCUT2D eigenvalue weighted by molar-refractivity contribution is 9.09. The number of nitrogens with zero attached hydrogens (tertiary/aromatic N) is 3. The molecule has 0 aromatic carbocycles. The molecule has 22 heavy (non-hydrogen) atoms. The van der Waals surface area contributed by atoms with Crippen LogP contribution in [0.2, 0.25) is 0 Å². The topological polar surface area (TPSA) is 72.7 Å². The first kappa shape index (κ1) is 17.6. The zero-order valence-electron chi connectivity index (χ0n) is 12.9. The molecule has 0 aliphatic rings. The fourth-order valence-electron chi connectivity index (χ4n) is 2.02. The van der Waals surface area contributed by atoms with Crippen molar-refractivity contribution in [2.24, 2.45) is 14.1 Å². The summed E-state index contributed by atoms with van der Waals surface area (Å²) in [5, 5.41) is 0.652. The lowest BCUT2D eigenvalue weighted by atomic mass is 10.2. The molecule has 0 aliphatic heterocycles. The second-order valence-electron chi connectivity index (χ2n) is 4.98. The summed E-state index contributed by atoms with van der Waals surface area (Å²) < 4.78 is 2.48. The number of aromatic nitrogens is 4. The summed E-state index contributed by atoms with van der Waals surface area (Å²) in [5.41, 5.74) is 0.0814. The van der Waals surface area contributed by atoms with Crippen LogP contribution in [0.4, 0.5) is 0 Å². The predicted molar refractivity (Wildman–Crippen MR) is 96.6 cm³/mol. The van der Waals surface area contributed by atoms with Gasteiger partial charge in [-0.1, -0.05) is 37.0 Å². The van der Waals surface area contributed by atoms with Crippen LogP contribution in [0.3, 0.4) is 0 Å². The Morgan fingerprint density at radius 3 is 2.64 bits per heavy atom. The molecule has 0 amide bonds. The number of imidazole rings is 1. The highest BCUT2D eigenvalue weighted by Gasteiger charge is 2.13. The monoisotopic (exact) mass is 360 g/mol. The Morgan fingerprint density at radius 2 is 1.91 bits per heavy atom. The predicted octanol–water partition coefficient (Wildman–Crippen LogP) is 2.93. The maximum atomic E-state index is 12.0. The van der Waals surface area contributed by atoms with E-state index in [9.17, 15) is 9.59 Å². The number of aryl methyl sites for hydroxylation is 1. The molecule has 2 aromatic heterocycles. The van der Waals surface area contributed by atoms with Crippen molar-refractivity contribution in [2.45, 2.75) is 37.8 Å². The molecule has 0 atom stereocenters. The van der Waals surface area contributed by atoms with E-state index < -0.39 is 0 Å². The summed E-state index contributed by atoms with van der Waals surface area (Å²) in [4.78, 5) is 31.3. The van der Waals surface area contributed by atoms with Gasteiger partial charge in [0.05, 0.1) is 0 Å². The van der Waals surface area contributed by atoms with Crippen LogP contribution in [-0.2, 0) is 14.1 Å². The first-order valence-corrected chi connectivity index (χ1v) is 10.8. The molecule has 0 spiro atoms. The van der Waals surface area contributed by atoms with Crippen LogP contribution in [-0.4, -0.2) is 24.9 Å². The fourth-order valence-corrected chi connectivity index (χ4v) is 5.55. The maximum absolute atomic E-state index is 12.0. The smallest absolute Gasteiger partial charge is 0.326 e. The van der Waals surface area contributed by atoms with Gasteiger partial charge in [0.2, 0.25) is 0 Å². The summed E-state index contributed by atoms with van der Waals surface area (Å²) in [5.74, 6) is 1.11.